The Labute approximate surface area is 440 Å². The fraction of sp³-hybridized carbons (Fsp3) is 0.0541. The van der Waals surface area contributed by atoms with Crippen LogP contribution in [0, 0.1) is 0 Å². The van der Waals surface area contributed by atoms with Crippen LogP contribution >= 0.6 is 0 Å². The van der Waals surface area contributed by atoms with Crippen LogP contribution in [0.25, 0.3) is 77.5 Å². The monoisotopic (exact) mass is 955 g/mol. The van der Waals surface area contributed by atoms with Crippen molar-refractivity contribution in [2.45, 2.75) is 24.7 Å². The van der Waals surface area contributed by atoms with Crippen LogP contribution in [0.5, 0.6) is 0 Å². The van der Waals surface area contributed by atoms with E-state index in [1.54, 1.807) is 0 Å². The van der Waals surface area contributed by atoms with Crippen LogP contribution in [0.4, 0.5) is 17.1 Å². The quantitative estimate of drug-likeness (QED) is 0.139. The molecule has 2 aliphatic rings. The van der Waals surface area contributed by atoms with Gasteiger partial charge in [-0.1, -0.05) is 250 Å². The first kappa shape index (κ1) is 44.4. The molecule has 0 bridgehead atoms. The van der Waals surface area contributed by atoms with Crippen LogP contribution in [0.1, 0.15) is 47.2 Å². The minimum atomic E-state index is -0.462. The molecule has 0 fully saturated rings. The van der Waals surface area contributed by atoms with Gasteiger partial charge >= 0.3 is 0 Å². The number of benzene rings is 12. The number of nitrogens with zero attached hydrogens (tertiary/aromatic N) is 1. The third-order valence-electron chi connectivity index (χ3n) is 16.4. The summed E-state index contributed by atoms with van der Waals surface area (Å²) in [5.41, 5.74) is 25.6. The Balaban J connectivity index is 0.858. The smallest absolute Gasteiger partial charge is 0.0713 e. The van der Waals surface area contributed by atoms with Gasteiger partial charge in [-0.25, -0.2) is 0 Å². The van der Waals surface area contributed by atoms with Crippen molar-refractivity contribution in [3.63, 3.8) is 0 Å². The number of hydrogen-bond donors (Lipinski definition) is 0. The van der Waals surface area contributed by atoms with Crippen molar-refractivity contribution in [1.82, 2.24) is 0 Å². The summed E-state index contributed by atoms with van der Waals surface area (Å²) in [5, 5.41) is 2.51. The Morgan fingerprint density at radius 3 is 1.37 bits per heavy atom. The highest BCUT2D eigenvalue weighted by atomic mass is 15.1. The van der Waals surface area contributed by atoms with Gasteiger partial charge in [0.15, 0.2) is 0 Å². The zero-order valence-electron chi connectivity index (χ0n) is 42.1. The molecule has 75 heavy (non-hydrogen) atoms. The third-order valence-corrected chi connectivity index (χ3v) is 16.4. The molecule has 0 N–H and O–H groups in total. The highest BCUT2D eigenvalue weighted by Crippen LogP contribution is 2.57. The maximum atomic E-state index is 2.45. The standard InChI is InChI=1S/C74H53N/c1-73(2)69-32-13-11-28-66(69)68-31-17-30-64(72(68)73)53-38-45-61(46-39-53)75(59-41-34-50(35-42-59)54-20-15-21-56(48-54)63-29-16-19-52-18-9-10-26-62(52)63)60-43-36-51(37-44-60)55-40-47-67-65-27-12-14-33-70(65)74(71(67)49-55,57-22-5-3-6-23-57)58-24-7-4-8-25-58/h3-49H,1-2H3. The van der Waals surface area contributed by atoms with E-state index in [9.17, 15) is 0 Å². The van der Waals surface area contributed by atoms with Gasteiger partial charge in [0.05, 0.1) is 5.41 Å². The van der Waals surface area contributed by atoms with Crippen molar-refractivity contribution in [3.8, 4) is 66.8 Å². The van der Waals surface area contributed by atoms with Gasteiger partial charge < -0.3 is 4.90 Å². The summed E-state index contributed by atoms with van der Waals surface area (Å²) >= 11 is 0. The molecule has 12 aromatic carbocycles. The Bertz CT molecular complexity index is 4070. The van der Waals surface area contributed by atoms with E-state index in [0.29, 0.717) is 0 Å². The fourth-order valence-corrected chi connectivity index (χ4v) is 12.9. The second-order valence-corrected chi connectivity index (χ2v) is 20.8. The molecule has 1 heteroatoms. The lowest BCUT2D eigenvalue weighted by atomic mass is 9.67. The molecule has 0 atom stereocenters. The van der Waals surface area contributed by atoms with E-state index in [1.807, 2.05) is 0 Å². The molecule has 0 spiro atoms. The zero-order valence-corrected chi connectivity index (χ0v) is 42.1. The molecule has 2 aliphatic carbocycles. The van der Waals surface area contributed by atoms with Gasteiger partial charge in [-0.3, -0.25) is 0 Å². The minimum absolute atomic E-state index is 0.113. The maximum Gasteiger partial charge on any atom is 0.0713 e. The Kier molecular flexibility index (Phi) is 10.5. The summed E-state index contributed by atoms with van der Waals surface area (Å²) in [4.78, 5) is 2.40. The highest BCUT2D eigenvalue weighted by Gasteiger charge is 2.46. The van der Waals surface area contributed by atoms with E-state index < -0.39 is 5.41 Å². The van der Waals surface area contributed by atoms with Crippen LogP contribution in [0.3, 0.4) is 0 Å². The molecule has 0 aliphatic heterocycles. The summed E-state index contributed by atoms with van der Waals surface area (Å²) in [6.45, 7) is 4.74. The van der Waals surface area contributed by atoms with Gasteiger partial charge in [0.1, 0.15) is 0 Å². The van der Waals surface area contributed by atoms with Crippen molar-refractivity contribution in [2.24, 2.45) is 0 Å². The lowest BCUT2D eigenvalue weighted by Gasteiger charge is -2.34. The summed E-state index contributed by atoms with van der Waals surface area (Å²) in [6.07, 6.45) is 0. The van der Waals surface area contributed by atoms with Crippen molar-refractivity contribution in [3.05, 3.63) is 318 Å². The third kappa shape index (κ3) is 7.14. The molecule has 0 aromatic heterocycles. The molecule has 0 unspecified atom stereocenters. The summed E-state index contributed by atoms with van der Waals surface area (Å²) in [7, 11) is 0. The first-order chi connectivity index (χ1) is 36.9. The van der Waals surface area contributed by atoms with Crippen LogP contribution in [-0.2, 0) is 10.8 Å². The zero-order chi connectivity index (χ0) is 50.1. The van der Waals surface area contributed by atoms with Gasteiger partial charge in [0, 0.05) is 22.5 Å². The average Bonchev–Trinajstić information content (AvgIpc) is 3.91. The van der Waals surface area contributed by atoms with Crippen molar-refractivity contribution in [2.75, 3.05) is 4.90 Å². The predicted molar refractivity (Wildman–Crippen MR) is 315 cm³/mol. The molecule has 14 rings (SSSR count). The van der Waals surface area contributed by atoms with Crippen LogP contribution in [0.2, 0.25) is 0 Å². The van der Waals surface area contributed by atoms with Gasteiger partial charge in [-0.2, -0.15) is 0 Å². The Hall–Kier alpha value is -9.30. The molecule has 1 nitrogen and oxygen atoms in total. The molecule has 0 radical (unpaired) electrons. The number of fused-ring (bicyclic) bond motifs is 7. The van der Waals surface area contributed by atoms with Gasteiger partial charge in [0.25, 0.3) is 0 Å². The molecule has 12 aromatic rings. The minimum Gasteiger partial charge on any atom is -0.311 e. The number of rotatable bonds is 9. The first-order valence-corrected chi connectivity index (χ1v) is 26.2. The largest absolute Gasteiger partial charge is 0.311 e. The van der Waals surface area contributed by atoms with E-state index >= 15 is 0 Å². The summed E-state index contributed by atoms with van der Waals surface area (Å²) in [6, 6.07) is 106. The molecule has 0 saturated carbocycles. The topological polar surface area (TPSA) is 3.24 Å². The molecule has 0 amide bonds. The van der Waals surface area contributed by atoms with Gasteiger partial charge in [-0.05, 0) is 159 Å². The molecule has 354 valence electrons. The molecular formula is C74H53N. The molecular weight excluding hydrogens is 903 g/mol. The number of hydrogen-bond acceptors (Lipinski definition) is 1. The SMILES string of the molecule is CC1(C)c2ccccc2-c2cccc(-c3ccc(N(c4ccc(-c5cccc(-c6cccc7ccccc67)c5)cc4)c4ccc(-c5ccc6c(c5)C(c5ccccc5)(c5ccccc5)c5ccccc5-6)cc4)cc3)c21. The summed E-state index contributed by atoms with van der Waals surface area (Å²) in [5.74, 6) is 0. The van der Waals surface area contributed by atoms with Gasteiger partial charge in [0.2, 0.25) is 0 Å². The second kappa shape index (κ2) is 17.7. The van der Waals surface area contributed by atoms with Gasteiger partial charge in [-0.15, -0.1) is 0 Å². The molecule has 0 saturated heterocycles. The molecule has 0 heterocycles. The van der Waals surface area contributed by atoms with Crippen LogP contribution in [-0.4, -0.2) is 0 Å². The second-order valence-electron chi connectivity index (χ2n) is 20.8. The normalized spacial score (nSPS) is 13.4. The van der Waals surface area contributed by atoms with E-state index in [2.05, 4.69) is 304 Å². The Morgan fingerprint density at radius 1 is 0.267 bits per heavy atom. The van der Waals surface area contributed by atoms with E-state index in [-0.39, 0.29) is 5.41 Å². The average molecular weight is 956 g/mol. The highest BCUT2D eigenvalue weighted by molar-refractivity contribution is 5.97. The maximum absolute atomic E-state index is 2.45. The van der Waals surface area contributed by atoms with Crippen molar-refractivity contribution >= 4 is 27.8 Å². The first-order valence-electron chi connectivity index (χ1n) is 26.2. The predicted octanol–water partition coefficient (Wildman–Crippen LogP) is 19.6. The fourth-order valence-electron chi connectivity index (χ4n) is 12.9. The van der Waals surface area contributed by atoms with E-state index in [0.717, 1.165) is 17.1 Å². The van der Waals surface area contributed by atoms with Crippen molar-refractivity contribution < 1.29 is 0 Å². The van der Waals surface area contributed by atoms with E-state index in [4.69, 9.17) is 0 Å². The lowest BCUT2D eigenvalue weighted by molar-refractivity contribution is 0.662. The van der Waals surface area contributed by atoms with Crippen LogP contribution < -0.4 is 4.90 Å². The van der Waals surface area contributed by atoms with E-state index in [1.165, 1.54) is 111 Å². The number of anilines is 3. The van der Waals surface area contributed by atoms with Crippen molar-refractivity contribution in [1.29, 1.82) is 0 Å². The Morgan fingerprint density at radius 2 is 0.707 bits per heavy atom. The van der Waals surface area contributed by atoms with Crippen LogP contribution in [0.15, 0.2) is 285 Å². The lowest BCUT2D eigenvalue weighted by Crippen LogP contribution is -2.28. The summed E-state index contributed by atoms with van der Waals surface area (Å²) < 4.78 is 0.